The van der Waals surface area contributed by atoms with Crippen LogP contribution in [0.15, 0.2) is 23.2 Å². The molecule has 1 N–H and O–H groups in total. The molecule has 100 valence electrons. The van der Waals surface area contributed by atoms with Gasteiger partial charge in [0.1, 0.15) is 5.01 Å². The lowest BCUT2D eigenvalue weighted by molar-refractivity contribution is 0.317. The molecule has 1 aromatic rings. The van der Waals surface area contributed by atoms with E-state index in [1.54, 1.807) is 16.9 Å². The van der Waals surface area contributed by atoms with E-state index in [1.165, 1.54) is 17.8 Å². The fourth-order valence-electron chi connectivity index (χ4n) is 2.85. The predicted octanol–water partition coefficient (Wildman–Crippen LogP) is 3.96. The lowest BCUT2D eigenvalue weighted by Crippen LogP contribution is -2.40. The summed E-state index contributed by atoms with van der Waals surface area (Å²) in [4.78, 5) is 4.43. The first kappa shape index (κ1) is 13.8. The zero-order valence-electron chi connectivity index (χ0n) is 11.9. The minimum Gasteiger partial charge on any atom is -0.306 e. The number of thiazole rings is 1. The maximum absolute atomic E-state index is 4.43. The molecule has 1 aliphatic carbocycles. The number of rotatable bonds is 4. The van der Waals surface area contributed by atoms with Crippen LogP contribution in [-0.4, -0.2) is 11.5 Å². The zero-order valence-corrected chi connectivity index (χ0v) is 12.7. The summed E-state index contributed by atoms with van der Waals surface area (Å²) >= 11 is 1.73. The van der Waals surface area contributed by atoms with E-state index in [4.69, 9.17) is 0 Å². The van der Waals surface area contributed by atoms with Crippen LogP contribution in [0.2, 0.25) is 0 Å². The molecule has 0 saturated carbocycles. The topological polar surface area (TPSA) is 24.9 Å². The van der Waals surface area contributed by atoms with Crippen LogP contribution < -0.4 is 5.32 Å². The second-order valence-corrected chi connectivity index (χ2v) is 7.03. The van der Waals surface area contributed by atoms with Crippen LogP contribution in [0, 0.1) is 11.8 Å². The van der Waals surface area contributed by atoms with Crippen molar-refractivity contribution in [1.82, 2.24) is 10.3 Å². The fraction of sp³-hybridized carbons (Fsp3) is 0.667. The van der Waals surface area contributed by atoms with Crippen molar-refractivity contribution >= 4 is 11.3 Å². The molecule has 2 rings (SSSR count). The van der Waals surface area contributed by atoms with Gasteiger partial charge in [-0.15, -0.1) is 11.3 Å². The Morgan fingerprint density at radius 1 is 1.50 bits per heavy atom. The van der Waals surface area contributed by atoms with E-state index in [0.717, 1.165) is 18.4 Å². The average molecular weight is 264 g/mol. The van der Waals surface area contributed by atoms with E-state index < -0.39 is 0 Å². The van der Waals surface area contributed by atoms with E-state index in [-0.39, 0.29) is 5.54 Å². The third-order valence-corrected chi connectivity index (χ3v) is 4.78. The Labute approximate surface area is 115 Å². The smallest absolute Gasteiger partial charge is 0.112 e. The fourth-order valence-corrected chi connectivity index (χ4v) is 3.59. The normalized spacial score (nSPS) is 25.0. The molecule has 1 aromatic heterocycles. The van der Waals surface area contributed by atoms with E-state index in [9.17, 15) is 0 Å². The molecule has 3 heteroatoms. The van der Waals surface area contributed by atoms with Crippen molar-refractivity contribution in [3.8, 4) is 0 Å². The molecule has 0 spiro atoms. The molecule has 2 unspecified atom stereocenters. The van der Waals surface area contributed by atoms with Gasteiger partial charge in [0.15, 0.2) is 0 Å². The van der Waals surface area contributed by atoms with Crippen LogP contribution in [0.4, 0.5) is 0 Å². The first-order valence-corrected chi connectivity index (χ1v) is 7.67. The van der Waals surface area contributed by atoms with Gasteiger partial charge in [-0.3, -0.25) is 0 Å². The van der Waals surface area contributed by atoms with Crippen molar-refractivity contribution in [3.05, 3.63) is 28.2 Å². The van der Waals surface area contributed by atoms with Crippen LogP contribution in [0.1, 0.15) is 45.5 Å². The second kappa shape index (κ2) is 5.54. The highest BCUT2D eigenvalue weighted by atomic mass is 32.1. The van der Waals surface area contributed by atoms with Gasteiger partial charge in [0.2, 0.25) is 0 Å². The minimum atomic E-state index is -0.00747. The number of nitrogens with zero attached hydrogens (tertiary/aromatic N) is 1. The van der Waals surface area contributed by atoms with Gasteiger partial charge in [-0.05, 0) is 52.0 Å². The molecular formula is C15H24N2S. The van der Waals surface area contributed by atoms with E-state index in [0.29, 0.717) is 0 Å². The largest absolute Gasteiger partial charge is 0.306 e. The monoisotopic (exact) mass is 264 g/mol. The SMILES string of the molecule is CC1=CC(C)CC(CNC(C)(C)c2nccs2)C1. The molecule has 1 heterocycles. The van der Waals surface area contributed by atoms with Gasteiger partial charge in [0.25, 0.3) is 0 Å². The molecule has 18 heavy (non-hydrogen) atoms. The molecule has 0 fully saturated rings. The molecule has 0 aliphatic heterocycles. The highest BCUT2D eigenvalue weighted by molar-refractivity contribution is 7.09. The quantitative estimate of drug-likeness (QED) is 0.833. The van der Waals surface area contributed by atoms with Crippen molar-refractivity contribution in [2.75, 3.05) is 6.54 Å². The van der Waals surface area contributed by atoms with Crippen molar-refractivity contribution in [2.45, 2.75) is 46.1 Å². The number of nitrogens with one attached hydrogen (secondary N) is 1. The highest BCUT2D eigenvalue weighted by Gasteiger charge is 2.25. The third-order valence-electron chi connectivity index (χ3n) is 3.68. The zero-order chi connectivity index (χ0) is 13.2. The Bertz CT molecular complexity index is 406. The van der Waals surface area contributed by atoms with Gasteiger partial charge in [-0.25, -0.2) is 4.98 Å². The number of hydrogen-bond acceptors (Lipinski definition) is 3. The molecule has 0 saturated heterocycles. The van der Waals surface area contributed by atoms with Gasteiger partial charge >= 0.3 is 0 Å². The summed E-state index contributed by atoms with van der Waals surface area (Å²) in [6.07, 6.45) is 6.85. The minimum absolute atomic E-state index is 0.00747. The van der Waals surface area contributed by atoms with Crippen molar-refractivity contribution in [2.24, 2.45) is 11.8 Å². The lowest BCUT2D eigenvalue weighted by atomic mass is 9.83. The van der Waals surface area contributed by atoms with Gasteiger partial charge in [0, 0.05) is 11.6 Å². The van der Waals surface area contributed by atoms with E-state index >= 15 is 0 Å². The van der Waals surface area contributed by atoms with Gasteiger partial charge in [0.05, 0.1) is 5.54 Å². The molecule has 2 atom stereocenters. The average Bonchev–Trinajstić information content (AvgIpc) is 2.79. The molecule has 1 aliphatic rings. The van der Waals surface area contributed by atoms with E-state index in [2.05, 4.69) is 44.1 Å². The number of hydrogen-bond donors (Lipinski definition) is 1. The maximum Gasteiger partial charge on any atom is 0.112 e. The maximum atomic E-state index is 4.43. The summed E-state index contributed by atoms with van der Waals surface area (Å²) in [7, 11) is 0. The Morgan fingerprint density at radius 3 is 2.89 bits per heavy atom. The van der Waals surface area contributed by atoms with Gasteiger partial charge in [-0.2, -0.15) is 0 Å². The van der Waals surface area contributed by atoms with Crippen molar-refractivity contribution < 1.29 is 0 Å². The lowest BCUT2D eigenvalue weighted by Gasteiger charge is -2.30. The Morgan fingerprint density at radius 2 is 2.28 bits per heavy atom. The summed E-state index contributed by atoms with van der Waals surface area (Å²) in [6.45, 7) is 10.1. The first-order chi connectivity index (χ1) is 8.47. The standard InChI is InChI=1S/C15H24N2S/c1-11-7-12(2)9-13(8-11)10-17-15(3,4)14-16-5-6-18-14/h5-7,11,13,17H,8-10H2,1-4H3. The molecule has 0 aromatic carbocycles. The number of aromatic nitrogens is 1. The molecule has 0 bridgehead atoms. The van der Waals surface area contributed by atoms with Crippen molar-refractivity contribution in [1.29, 1.82) is 0 Å². The molecule has 0 amide bonds. The Kier molecular flexibility index (Phi) is 4.23. The van der Waals surface area contributed by atoms with Crippen LogP contribution >= 0.6 is 11.3 Å². The molecular weight excluding hydrogens is 240 g/mol. The Balaban J connectivity index is 1.90. The second-order valence-electron chi connectivity index (χ2n) is 6.14. The first-order valence-electron chi connectivity index (χ1n) is 6.79. The summed E-state index contributed by atoms with van der Waals surface area (Å²) in [6, 6.07) is 0. The predicted molar refractivity (Wildman–Crippen MR) is 78.8 cm³/mol. The van der Waals surface area contributed by atoms with E-state index in [1.807, 2.05) is 11.6 Å². The van der Waals surface area contributed by atoms with Gasteiger partial charge in [-0.1, -0.05) is 18.6 Å². The number of allylic oxidation sites excluding steroid dienone is 2. The van der Waals surface area contributed by atoms with Gasteiger partial charge < -0.3 is 5.32 Å². The third kappa shape index (κ3) is 3.42. The summed E-state index contributed by atoms with van der Waals surface area (Å²) in [5.74, 6) is 1.50. The van der Waals surface area contributed by atoms with Crippen LogP contribution in [0.25, 0.3) is 0 Å². The Hall–Kier alpha value is -0.670. The van der Waals surface area contributed by atoms with Crippen LogP contribution in [-0.2, 0) is 5.54 Å². The van der Waals surface area contributed by atoms with Crippen LogP contribution in [0.3, 0.4) is 0 Å². The summed E-state index contributed by atoms with van der Waals surface area (Å²) in [5.41, 5.74) is 1.54. The highest BCUT2D eigenvalue weighted by Crippen LogP contribution is 2.29. The summed E-state index contributed by atoms with van der Waals surface area (Å²) in [5, 5.41) is 6.92. The van der Waals surface area contributed by atoms with Crippen LogP contribution in [0.5, 0.6) is 0 Å². The summed E-state index contributed by atoms with van der Waals surface area (Å²) < 4.78 is 0. The molecule has 0 radical (unpaired) electrons. The molecule has 2 nitrogen and oxygen atoms in total. The van der Waals surface area contributed by atoms with Crippen molar-refractivity contribution in [3.63, 3.8) is 0 Å².